The summed E-state index contributed by atoms with van der Waals surface area (Å²) in [7, 11) is 1.63. The first kappa shape index (κ1) is 66.9. The maximum absolute atomic E-state index is 13.3. The molecular formula is C51H84N6O19. The number of carboxylic acids is 1. The molecule has 25 heteroatoms. The Morgan fingerprint density at radius 1 is 0.618 bits per heavy atom. The average molecular weight is 1090 g/mol. The van der Waals surface area contributed by atoms with Gasteiger partial charge in [0.05, 0.1) is 131 Å². The van der Waals surface area contributed by atoms with E-state index >= 15 is 0 Å². The Morgan fingerprint density at radius 2 is 1.11 bits per heavy atom. The number of hydrogen-bond donors (Lipinski definition) is 7. The number of ether oxygens (including phenoxy) is 10. The van der Waals surface area contributed by atoms with Gasteiger partial charge in [0, 0.05) is 57.8 Å². The molecule has 6 amide bonds. The summed E-state index contributed by atoms with van der Waals surface area (Å²) >= 11 is 0. The molecule has 0 saturated heterocycles. The monoisotopic (exact) mass is 1080 g/mol. The number of aromatic hydroxyl groups is 1. The molecule has 0 spiro atoms. The van der Waals surface area contributed by atoms with Crippen LogP contribution < -0.4 is 27.0 Å². The summed E-state index contributed by atoms with van der Waals surface area (Å²) < 4.78 is 53.9. The summed E-state index contributed by atoms with van der Waals surface area (Å²) in [6.45, 7) is 9.69. The molecule has 1 aliphatic heterocycles. The quantitative estimate of drug-likeness (QED) is 0.0265. The lowest BCUT2D eigenvalue weighted by Crippen LogP contribution is -2.47. The molecule has 0 saturated carbocycles. The minimum atomic E-state index is -0.947. The van der Waals surface area contributed by atoms with Gasteiger partial charge in [0.25, 0.3) is 11.8 Å². The van der Waals surface area contributed by atoms with Crippen LogP contribution in [0.4, 0.5) is 5.69 Å². The highest BCUT2D eigenvalue weighted by Gasteiger charge is 2.24. The second-order valence-electron chi connectivity index (χ2n) is 17.4. The van der Waals surface area contributed by atoms with Crippen LogP contribution in [0.25, 0.3) is 0 Å². The second kappa shape index (κ2) is 43.9. The van der Waals surface area contributed by atoms with Crippen LogP contribution in [0.3, 0.4) is 0 Å². The van der Waals surface area contributed by atoms with E-state index < -0.39 is 53.5 Å². The molecule has 2 rings (SSSR count). The zero-order valence-electron chi connectivity index (χ0n) is 44.4. The molecule has 25 nitrogen and oxygen atoms in total. The number of carbonyl (C=O) groups excluding carboxylic acids is 6. The first-order valence-corrected chi connectivity index (χ1v) is 26.0. The smallest absolute Gasteiger partial charge is 0.306 e. The molecule has 0 bridgehead atoms. The third-order valence-corrected chi connectivity index (χ3v) is 11.0. The van der Waals surface area contributed by atoms with Crippen LogP contribution >= 0.6 is 0 Å². The van der Waals surface area contributed by atoms with Gasteiger partial charge in [-0.05, 0) is 62.6 Å². The number of nitrogens with zero attached hydrogens (tertiary/aromatic N) is 1. The lowest BCUT2D eigenvalue weighted by molar-refractivity contribution is -0.141. The van der Waals surface area contributed by atoms with Gasteiger partial charge in [-0.15, -0.1) is 0 Å². The third-order valence-electron chi connectivity index (χ3n) is 11.0. The molecule has 0 aliphatic carbocycles. The van der Waals surface area contributed by atoms with E-state index in [1.54, 1.807) is 26.2 Å². The van der Waals surface area contributed by atoms with E-state index in [-0.39, 0.29) is 88.8 Å². The molecule has 1 aromatic carbocycles. The number of phenolic OH excluding ortho intramolecular Hbond substituents is 1. The van der Waals surface area contributed by atoms with Crippen molar-refractivity contribution in [1.29, 1.82) is 0 Å². The number of unbranched alkanes of at least 4 members (excludes halogenated alkanes) is 1. The highest BCUT2D eigenvalue weighted by Crippen LogP contribution is 2.25. The summed E-state index contributed by atoms with van der Waals surface area (Å²) in [4.78, 5) is 87.3. The Hall–Kier alpha value is -5.19. The van der Waals surface area contributed by atoms with E-state index in [0.717, 1.165) is 17.1 Å². The van der Waals surface area contributed by atoms with Crippen LogP contribution in [0, 0.1) is 5.92 Å². The van der Waals surface area contributed by atoms with Crippen LogP contribution in [-0.2, 0) is 87.4 Å². The normalized spacial score (nSPS) is 13.4. The maximum atomic E-state index is 13.3. The van der Waals surface area contributed by atoms with Gasteiger partial charge in [0.1, 0.15) is 18.4 Å². The lowest BCUT2D eigenvalue weighted by atomic mass is 9.96. The van der Waals surface area contributed by atoms with Crippen molar-refractivity contribution < 1.29 is 91.1 Å². The minimum Gasteiger partial charge on any atom is -0.506 e. The van der Waals surface area contributed by atoms with Crippen molar-refractivity contribution in [2.24, 2.45) is 11.7 Å². The number of carbonyl (C=O) groups is 7. The highest BCUT2D eigenvalue weighted by atomic mass is 16.6. The van der Waals surface area contributed by atoms with E-state index in [1.807, 2.05) is 0 Å². The Morgan fingerprint density at radius 3 is 1.62 bits per heavy atom. The SMILES string of the molecule is COCCOCCOCCOCCOCCOCCOCCOCCOCCOCC(=O)NCCCC[C@H](NC(=O)CCCN1C(=O)C=CC1=O)C(=O)NCCCC(=O)Nc1cc(C[C@H](N)CC(C)C(=O)O)ccc1O. The number of hydrogen-bond acceptors (Lipinski definition) is 19. The Bertz CT molecular complexity index is 1830. The molecular weight excluding hydrogens is 1000 g/mol. The number of nitrogens with one attached hydrogen (secondary N) is 4. The van der Waals surface area contributed by atoms with Crippen molar-refractivity contribution in [1.82, 2.24) is 20.9 Å². The molecule has 432 valence electrons. The fraction of sp³-hybridized carbons (Fsp3) is 0.706. The number of amides is 6. The number of benzene rings is 1. The number of phenols is 1. The number of carboxylic acid groups (broad SMARTS) is 1. The van der Waals surface area contributed by atoms with Crippen molar-refractivity contribution in [2.45, 2.75) is 76.8 Å². The molecule has 1 aliphatic rings. The molecule has 76 heavy (non-hydrogen) atoms. The van der Waals surface area contributed by atoms with Gasteiger partial charge in [-0.2, -0.15) is 0 Å². The lowest BCUT2D eigenvalue weighted by Gasteiger charge is -2.19. The number of aliphatic carboxylic acids is 1. The largest absolute Gasteiger partial charge is 0.506 e. The predicted molar refractivity (Wildman–Crippen MR) is 275 cm³/mol. The zero-order valence-corrected chi connectivity index (χ0v) is 44.4. The van der Waals surface area contributed by atoms with Crippen LogP contribution in [0.15, 0.2) is 30.4 Å². The summed E-state index contributed by atoms with van der Waals surface area (Å²) in [5.74, 6) is -4.34. The van der Waals surface area contributed by atoms with E-state index in [0.29, 0.717) is 137 Å². The van der Waals surface area contributed by atoms with E-state index in [1.165, 1.54) is 6.07 Å². The number of anilines is 1. The van der Waals surface area contributed by atoms with Crippen molar-refractivity contribution in [2.75, 3.05) is 158 Å². The Balaban J connectivity index is 1.54. The molecule has 0 fully saturated rings. The zero-order chi connectivity index (χ0) is 55.4. The molecule has 1 unspecified atom stereocenters. The van der Waals surface area contributed by atoms with Crippen LogP contribution in [0.5, 0.6) is 5.75 Å². The molecule has 0 radical (unpaired) electrons. The molecule has 1 aromatic rings. The van der Waals surface area contributed by atoms with Crippen molar-refractivity contribution in [3.05, 3.63) is 35.9 Å². The number of imide groups is 1. The van der Waals surface area contributed by atoms with Gasteiger partial charge in [0.15, 0.2) is 0 Å². The predicted octanol–water partition coefficient (Wildman–Crippen LogP) is 0.480. The summed E-state index contributed by atoms with van der Waals surface area (Å²) in [6, 6.07) is 3.24. The van der Waals surface area contributed by atoms with Crippen LogP contribution in [0.2, 0.25) is 0 Å². The van der Waals surface area contributed by atoms with Gasteiger partial charge in [-0.1, -0.05) is 13.0 Å². The standard InChI is InChI=1S/C51H84N6O19/c1-39(51(65)66)35-41(52)36-40-10-11-44(58)43(37-40)56-45(59)8-5-15-54-50(64)42(55-46(60)9-6-16-57-48(62)12-13-49(57)63)7-3-4-14-53-47(61)38-76-34-33-75-32-31-74-30-29-73-28-27-72-26-25-71-24-23-70-22-21-69-20-19-68-18-17-67-2/h10-13,37,39,41-42,58H,3-9,14-36,38,52H2,1-2H3,(H,53,61)(H,54,64)(H,55,60)(H,56,59)(H,65,66)/t39?,41-,42+/m1/s1. The van der Waals surface area contributed by atoms with Gasteiger partial charge < -0.3 is 84.6 Å². The average Bonchev–Trinajstić information content (AvgIpc) is 3.71. The van der Waals surface area contributed by atoms with Crippen LogP contribution in [0.1, 0.15) is 63.9 Å². The molecule has 1 heterocycles. The van der Waals surface area contributed by atoms with E-state index in [9.17, 15) is 43.8 Å². The number of nitrogens with two attached hydrogens (primary N) is 1. The maximum Gasteiger partial charge on any atom is 0.306 e. The Labute approximate surface area is 445 Å². The third kappa shape index (κ3) is 34.5. The van der Waals surface area contributed by atoms with Crippen molar-refractivity contribution in [3.63, 3.8) is 0 Å². The topological polar surface area (TPSA) is 330 Å². The fourth-order valence-electron chi connectivity index (χ4n) is 6.95. The Kier molecular flexibility index (Phi) is 38.6. The molecule has 8 N–H and O–H groups in total. The van der Waals surface area contributed by atoms with Crippen molar-refractivity contribution >= 4 is 47.1 Å². The minimum absolute atomic E-state index is 0.0108. The first-order valence-electron chi connectivity index (χ1n) is 26.0. The molecule has 0 aromatic heterocycles. The number of methoxy groups -OCH3 is 1. The summed E-state index contributed by atoms with van der Waals surface area (Å²) in [5, 5.41) is 30.4. The summed E-state index contributed by atoms with van der Waals surface area (Å²) in [6.07, 6.45) is 4.44. The highest BCUT2D eigenvalue weighted by molar-refractivity contribution is 6.12. The van der Waals surface area contributed by atoms with Gasteiger partial charge >= 0.3 is 5.97 Å². The van der Waals surface area contributed by atoms with Crippen molar-refractivity contribution in [3.8, 4) is 5.75 Å². The molecule has 3 atom stereocenters. The number of rotatable bonds is 50. The fourth-order valence-corrected chi connectivity index (χ4v) is 6.95. The van der Waals surface area contributed by atoms with E-state index in [2.05, 4.69) is 21.3 Å². The second-order valence-corrected chi connectivity index (χ2v) is 17.4. The van der Waals surface area contributed by atoms with E-state index in [4.69, 9.17) is 53.1 Å². The van der Waals surface area contributed by atoms with Crippen LogP contribution in [-0.4, -0.2) is 221 Å². The van der Waals surface area contributed by atoms with Gasteiger partial charge in [-0.3, -0.25) is 38.5 Å². The van der Waals surface area contributed by atoms with Gasteiger partial charge in [-0.25, -0.2) is 0 Å². The summed E-state index contributed by atoms with van der Waals surface area (Å²) in [5.41, 5.74) is 7.00. The first-order chi connectivity index (χ1) is 36.8. The van der Waals surface area contributed by atoms with Gasteiger partial charge in [0.2, 0.25) is 23.6 Å².